The van der Waals surface area contributed by atoms with Crippen LogP contribution < -0.4 is 5.32 Å². The maximum Gasteiger partial charge on any atom is 0.242 e. The van der Waals surface area contributed by atoms with Gasteiger partial charge in [0.2, 0.25) is 11.8 Å². The topological polar surface area (TPSA) is 49.4 Å². The number of nitrogens with one attached hydrogen (secondary N) is 1. The van der Waals surface area contributed by atoms with Crippen molar-refractivity contribution in [2.24, 2.45) is 5.92 Å². The molecule has 0 aliphatic carbocycles. The first-order valence-electron chi connectivity index (χ1n) is 9.90. The Morgan fingerprint density at radius 2 is 1.47 bits per heavy atom. The van der Waals surface area contributed by atoms with E-state index in [1.165, 1.54) is 11.8 Å². The van der Waals surface area contributed by atoms with Crippen LogP contribution in [0.2, 0.25) is 10.0 Å². The maximum absolute atomic E-state index is 13.0. The molecule has 0 saturated carbocycles. The Morgan fingerprint density at radius 3 is 2.00 bits per heavy atom. The van der Waals surface area contributed by atoms with Crippen molar-refractivity contribution in [1.29, 1.82) is 0 Å². The third-order valence-corrected chi connectivity index (χ3v) is 6.02. The number of halogens is 2. The molecule has 2 aromatic carbocycles. The van der Waals surface area contributed by atoms with Crippen molar-refractivity contribution >= 4 is 46.8 Å². The van der Waals surface area contributed by atoms with Crippen LogP contribution in [-0.4, -0.2) is 35.1 Å². The van der Waals surface area contributed by atoms with Gasteiger partial charge in [-0.25, -0.2) is 0 Å². The van der Waals surface area contributed by atoms with Gasteiger partial charge in [-0.05, 0) is 48.2 Å². The van der Waals surface area contributed by atoms with Crippen molar-refractivity contribution in [2.45, 2.75) is 39.1 Å². The zero-order chi connectivity index (χ0) is 22.1. The number of amides is 2. The Balaban J connectivity index is 2.04. The molecule has 4 nitrogen and oxygen atoms in total. The molecular weight excluding hydrogens is 439 g/mol. The molecule has 0 aromatic heterocycles. The lowest BCUT2D eigenvalue weighted by molar-refractivity contribution is -0.138. The van der Waals surface area contributed by atoms with E-state index < -0.39 is 6.04 Å². The molecular formula is C23H28Cl2N2O2S. The number of hydrogen-bond donors (Lipinski definition) is 1. The van der Waals surface area contributed by atoms with E-state index in [0.29, 0.717) is 34.8 Å². The first kappa shape index (κ1) is 24.6. The van der Waals surface area contributed by atoms with Crippen LogP contribution in [0.1, 0.15) is 31.9 Å². The minimum Gasteiger partial charge on any atom is -0.354 e. The maximum atomic E-state index is 13.0. The van der Waals surface area contributed by atoms with Gasteiger partial charge in [0.25, 0.3) is 0 Å². The van der Waals surface area contributed by atoms with Crippen LogP contribution in [0.4, 0.5) is 0 Å². The lowest BCUT2D eigenvalue weighted by atomic mass is 10.1. The molecule has 0 bridgehead atoms. The van der Waals surface area contributed by atoms with Crippen molar-refractivity contribution in [3.05, 3.63) is 69.7 Å². The first-order chi connectivity index (χ1) is 14.3. The zero-order valence-corrected chi connectivity index (χ0v) is 19.9. The van der Waals surface area contributed by atoms with Gasteiger partial charge in [-0.2, -0.15) is 0 Å². The van der Waals surface area contributed by atoms with Crippen molar-refractivity contribution in [1.82, 2.24) is 10.2 Å². The third-order valence-electron chi connectivity index (χ3n) is 4.53. The number of rotatable bonds is 10. The molecule has 0 saturated heterocycles. The van der Waals surface area contributed by atoms with Gasteiger partial charge in [-0.1, -0.05) is 61.3 Å². The second kappa shape index (κ2) is 12.2. The molecule has 0 aliphatic rings. The normalized spacial score (nSPS) is 11.9. The molecule has 0 unspecified atom stereocenters. The van der Waals surface area contributed by atoms with Crippen LogP contribution in [0.25, 0.3) is 0 Å². The van der Waals surface area contributed by atoms with E-state index in [-0.39, 0.29) is 17.6 Å². The van der Waals surface area contributed by atoms with Crippen molar-refractivity contribution in [3.63, 3.8) is 0 Å². The molecule has 2 amide bonds. The van der Waals surface area contributed by atoms with Crippen LogP contribution in [0, 0.1) is 5.92 Å². The summed E-state index contributed by atoms with van der Waals surface area (Å²) in [5, 5.41) is 4.25. The van der Waals surface area contributed by atoms with Gasteiger partial charge in [0.15, 0.2) is 0 Å². The lowest BCUT2D eigenvalue weighted by Crippen LogP contribution is -2.48. The summed E-state index contributed by atoms with van der Waals surface area (Å²) in [7, 11) is 0. The zero-order valence-electron chi connectivity index (χ0n) is 17.5. The highest BCUT2D eigenvalue weighted by Crippen LogP contribution is 2.18. The van der Waals surface area contributed by atoms with Crippen molar-refractivity contribution < 1.29 is 9.59 Å². The molecule has 7 heteroatoms. The lowest BCUT2D eigenvalue weighted by Gasteiger charge is -2.29. The molecule has 30 heavy (non-hydrogen) atoms. The minimum atomic E-state index is -0.567. The molecule has 162 valence electrons. The number of carbonyl (C=O) groups excluding carboxylic acids is 2. The van der Waals surface area contributed by atoms with Gasteiger partial charge in [0.1, 0.15) is 6.04 Å². The summed E-state index contributed by atoms with van der Waals surface area (Å²) in [6.07, 6.45) is 0. The summed E-state index contributed by atoms with van der Waals surface area (Å²) in [5.41, 5.74) is 2.03. The largest absolute Gasteiger partial charge is 0.354 e. The Labute approximate surface area is 193 Å². The van der Waals surface area contributed by atoms with Crippen LogP contribution in [0.15, 0.2) is 48.5 Å². The molecule has 2 rings (SSSR count). The van der Waals surface area contributed by atoms with Gasteiger partial charge >= 0.3 is 0 Å². The fraction of sp³-hybridized carbons (Fsp3) is 0.391. The number of carbonyl (C=O) groups is 2. The van der Waals surface area contributed by atoms with E-state index in [1.54, 1.807) is 24.0 Å². The molecule has 1 N–H and O–H groups in total. The van der Waals surface area contributed by atoms with Crippen LogP contribution >= 0.6 is 35.0 Å². The third kappa shape index (κ3) is 8.21. The highest BCUT2D eigenvalue weighted by Gasteiger charge is 2.26. The smallest absolute Gasteiger partial charge is 0.242 e. The monoisotopic (exact) mass is 466 g/mol. The molecule has 0 heterocycles. The van der Waals surface area contributed by atoms with Gasteiger partial charge in [-0.15, -0.1) is 11.8 Å². The molecule has 0 spiro atoms. The molecule has 0 aliphatic heterocycles. The summed E-state index contributed by atoms with van der Waals surface area (Å²) in [5.74, 6) is 1.12. The van der Waals surface area contributed by atoms with Gasteiger partial charge in [0.05, 0.1) is 5.75 Å². The second-order valence-corrected chi connectivity index (χ2v) is 9.44. The summed E-state index contributed by atoms with van der Waals surface area (Å²) < 4.78 is 0. The number of thioether (sulfide) groups is 1. The van der Waals surface area contributed by atoms with Crippen LogP contribution in [0.3, 0.4) is 0 Å². The van der Waals surface area contributed by atoms with E-state index in [2.05, 4.69) is 5.32 Å². The van der Waals surface area contributed by atoms with E-state index in [9.17, 15) is 9.59 Å². The molecule has 2 aromatic rings. The quantitative estimate of drug-likeness (QED) is 0.508. The fourth-order valence-electron chi connectivity index (χ4n) is 2.74. The number of nitrogens with zero attached hydrogens (tertiary/aromatic N) is 1. The Bertz CT molecular complexity index is 826. The predicted molar refractivity (Wildman–Crippen MR) is 127 cm³/mol. The summed E-state index contributed by atoms with van der Waals surface area (Å²) >= 11 is 13.4. The average Bonchev–Trinajstić information content (AvgIpc) is 2.72. The van der Waals surface area contributed by atoms with E-state index in [4.69, 9.17) is 23.2 Å². The Kier molecular flexibility index (Phi) is 10.0. The molecule has 0 fully saturated rings. The van der Waals surface area contributed by atoms with Gasteiger partial charge in [-0.3, -0.25) is 9.59 Å². The first-order valence-corrected chi connectivity index (χ1v) is 11.8. The Morgan fingerprint density at radius 1 is 0.933 bits per heavy atom. The number of hydrogen-bond acceptors (Lipinski definition) is 3. The van der Waals surface area contributed by atoms with Crippen LogP contribution in [-0.2, 0) is 21.9 Å². The highest BCUT2D eigenvalue weighted by atomic mass is 35.5. The van der Waals surface area contributed by atoms with E-state index in [1.807, 2.05) is 50.2 Å². The van der Waals surface area contributed by atoms with E-state index in [0.717, 1.165) is 11.1 Å². The SMILES string of the molecule is CC(C)CNC(=O)[C@@H](C)N(Cc1ccc(Cl)cc1)C(=O)CSCc1ccc(Cl)cc1. The predicted octanol–water partition coefficient (Wildman–Crippen LogP) is 5.42. The van der Waals surface area contributed by atoms with Crippen molar-refractivity contribution in [3.8, 4) is 0 Å². The Hall–Kier alpha value is -1.69. The fourth-order valence-corrected chi connectivity index (χ4v) is 3.86. The summed E-state index contributed by atoms with van der Waals surface area (Å²) in [6, 6.07) is 14.4. The summed E-state index contributed by atoms with van der Waals surface area (Å²) in [6.45, 7) is 6.78. The molecule has 1 atom stereocenters. The molecule has 0 radical (unpaired) electrons. The van der Waals surface area contributed by atoms with E-state index >= 15 is 0 Å². The average molecular weight is 467 g/mol. The summed E-state index contributed by atoms with van der Waals surface area (Å²) in [4.78, 5) is 27.3. The van der Waals surface area contributed by atoms with Gasteiger partial charge in [0, 0.05) is 28.9 Å². The second-order valence-electron chi connectivity index (χ2n) is 7.58. The minimum absolute atomic E-state index is 0.0730. The van der Waals surface area contributed by atoms with Gasteiger partial charge < -0.3 is 10.2 Å². The number of benzene rings is 2. The highest BCUT2D eigenvalue weighted by molar-refractivity contribution is 7.99. The standard InChI is InChI=1S/C23H28Cl2N2O2S/c1-16(2)12-26-23(29)17(3)27(13-18-4-8-20(24)9-5-18)22(28)15-30-14-19-6-10-21(25)11-7-19/h4-11,16-17H,12-15H2,1-3H3,(H,26,29)/t17-/m1/s1. The van der Waals surface area contributed by atoms with Crippen molar-refractivity contribution in [2.75, 3.05) is 12.3 Å². The van der Waals surface area contributed by atoms with Crippen LogP contribution in [0.5, 0.6) is 0 Å².